The highest BCUT2D eigenvalue weighted by Crippen LogP contribution is 2.17. The number of piperazine rings is 1. The molecular formula is C14H19N5. The van der Waals surface area contributed by atoms with Crippen molar-refractivity contribution in [3.05, 3.63) is 46.3 Å². The molecule has 1 N–H and O–H groups in total. The van der Waals surface area contributed by atoms with Crippen molar-refractivity contribution in [3.8, 4) is 0 Å². The highest BCUT2D eigenvalue weighted by molar-refractivity contribution is 5.58. The van der Waals surface area contributed by atoms with E-state index in [1.165, 1.54) is 11.3 Å². The first-order valence-corrected chi connectivity index (χ1v) is 6.63. The molecule has 0 atom stereocenters. The van der Waals surface area contributed by atoms with Crippen LogP contribution in [0, 0.1) is 0 Å². The molecule has 1 aromatic rings. The Morgan fingerprint density at radius 3 is 3.00 bits per heavy atom. The molecule has 1 saturated heterocycles. The molecule has 0 aromatic heterocycles. The largest absolute Gasteiger partial charge is 0.369 e. The summed E-state index contributed by atoms with van der Waals surface area (Å²) < 4.78 is 0. The summed E-state index contributed by atoms with van der Waals surface area (Å²) in [6.07, 6.45) is 4.91. The van der Waals surface area contributed by atoms with E-state index in [0.29, 0.717) is 6.54 Å². The number of benzene rings is 1. The van der Waals surface area contributed by atoms with Crippen molar-refractivity contribution < 1.29 is 0 Å². The molecule has 1 aliphatic rings. The number of hydrogen-bond donors (Lipinski definition) is 1. The molecule has 5 nitrogen and oxygen atoms in total. The summed E-state index contributed by atoms with van der Waals surface area (Å²) in [5, 5.41) is 6.87. The minimum Gasteiger partial charge on any atom is -0.369 e. The second-order valence-electron chi connectivity index (χ2n) is 4.48. The van der Waals surface area contributed by atoms with Gasteiger partial charge in [0.2, 0.25) is 0 Å². The van der Waals surface area contributed by atoms with Gasteiger partial charge in [-0.1, -0.05) is 29.4 Å². The number of rotatable bonds is 5. The van der Waals surface area contributed by atoms with Crippen LogP contribution < -0.4 is 10.2 Å². The van der Waals surface area contributed by atoms with Crippen LogP contribution in [-0.4, -0.2) is 32.7 Å². The standard InChI is InChI=1S/C14H19N5/c15-18-17-7-2-1-4-13-5-3-6-14(12-13)19-10-8-16-9-11-19/h1,3-6,12,16H,2,7-11H2. The van der Waals surface area contributed by atoms with Gasteiger partial charge in [0, 0.05) is 43.3 Å². The molecule has 5 heteroatoms. The monoisotopic (exact) mass is 257 g/mol. The van der Waals surface area contributed by atoms with E-state index in [-0.39, 0.29) is 0 Å². The molecule has 19 heavy (non-hydrogen) atoms. The Morgan fingerprint density at radius 2 is 2.21 bits per heavy atom. The van der Waals surface area contributed by atoms with E-state index >= 15 is 0 Å². The molecule has 0 radical (unpaired) electrons. The summed E-state index contributed by atoms with van der Waals surface area (Å²) in [7, 11) is 0. The molecule has 0 saturated carbocycles. The van der Waals surface area contributed by atoms with Crippen molar-refractivity contribution in [1.82, 2.24) is 5.32 Å². The molecular weight excluding hydrogens is 238 g/mol. The molecule has 1 aromatic carbocycles. The lowest BCUT2D eigenvalue weighted by atomic mass is 10.1. The van der Waals surface area contributed by atoms with Gasteiger partial charge in [0.25, 0.3) is 0 Å². The van der Waals surface area contributed by atoms with Gasteiger partial charge in [0.05, 0.1) is 0 Å². The average Bonchev–Trinajstić information content (AvgIpc) is 2.48. The van der Waals surface area contributed by atoms with Gasteiger partial charge in [-0.2, -0.15) is 0 Å². The van der Waals surface area contributed by atoms with Gasteiger partial charge in [0.15, 0.2) is 0 Å². The minimum atomic E-state index is 0.518. The Labute approximate surface area is 113 Å². The topological polar surface area (TPSA) is 64.0 Å². The van der Waals surface area contributed by atoms with Crippen molar-refractivity contribution in [3.63, 3.8) is 0 Å². The van der Waals surface area contributed by atoms with Gasteiger partial charge in [-0.05, 0) is 29.6 Å². The predicted octanol–water partition coefficient (Wildman–Crippen LogP) is 2.81. The molecule has 0 amide bonds. The number of hydrogen-bond acceptors (Lipinski definition) is 3. The van der Waals surface area contributed by atoms with Gasteiger partial charge in [-0.25, -0.2) is 0 Å². The molecule has 1 fully saturated rings. The maximum Gasteiger partial charge on any atom is 0.0373 e. The van der Waals surface area contributed by atoms with E-state index in [9.17, 15) is 0 Å². The molecule has 1 heterocycles. The summed E-state index contributed by atoms with van der Waals surface area (Å²) in [6.45, 7) is 4.73. The Bertz CT molecular complexity index is 470. The zero-order valence-electron chi connectivity index (χ0n) is 11.0. The van der Waals surface area contributed by atoms with Crippen molar-refractivity contribution in [2.75, 3.05) is 37.6 Å². The number of nitrogens with zero attached hydrogens (tertiary/aromatic N) is 4. The highest BCUT2D eigenvalue weighted by atomic mass is 15.2. The van der Waals surface area contributed by atoms with Crippen LogP contribution in [0.1, 0.15) is 12.0 Å². The van der Waals surface area contributed by atoms with E-state index in [0.717, 1.165) is 32.6 Å². The normalized spacial score (nSPS) is 15.5. The Balaban J connectivity index is 1.96. The third-order valence-electron chi connectivity index (χ3n) is 3.12. The summed E-state index contributed by atoms with van der Waals surface area (Å²) in [4.78, 5) is 5.13. The van der Waals surface area contributed by atoms with Crippen LogP contribution in [0.5, 0.6) is 0 Å². The minimum absolute atomic E-state index is 0.518. The summed E-state index contributed by atoms with van der Waals surface area (Å²) in [5.41, 5.74) is 10.7. The summed E-state index contributed by atoms with van der Waals surface area (Å²) in [5.74, 6) is 0. The van der Waals surface area contributed by atoms with Crippen molar-refractivity contribution in [2.45, 2.75) is 6.42 Å². The third kappa shape index (κ3) is 4.32. The zero-order valence-corrected chi connectivity index (χ0v) is 11.0. The van der Waals surface area contributed by atoms with E-state index in [2.05, 4.69) is 50.6 Å². The Kier molecular flexibility index (Phi) is 5.29. The van der Waals surface area contributed by atoms with Crippen LogP contribution in [0.25, 0.3) is 16.5 Å². The lowest BCUT2D eigenvalue weighted by Crippen LogP contribution is -2.43. The third-order valence-corrected chi connectivity index (χ3v) is 3.12. The van der Waals surface area contributed by atoms with Crippen LogP contribution >= 0.6 is 0 Å². The van der Waals surface area contributed by atoms with E-state index < -0.39 is 0 Å². The SMILES string of the molecule is [N-]=[N+]=NCCC=Cc1cccc(N2CCNCC2)c1. The number of anilines is 1. The number of azide groups is 1. The Morgan fingerprint density at radius 1 is 1.37 bits per heavy atom. The molecule has 1 aliphatic heterocycles. The van der Waals surface area contributed by atoms with Crippen LogP contribution in [0.4, 0.5) is 5.69 Å². The lowest BCUT2D eigenvalue weighted by molar-refractivity contribution is 0.589. The molecule has 0 unspecified atom stereocenters. The van der Waals surface area contributed by atoms with E-state index in [1.807, 2.05) is 6.08 Å². The summed E-state index contributed by atoms with van der Waals surface area (Å²) >= 11 is 0. The molecule has 0 bridgehead atoms. The first-order chi connectivity index (χ1) is 9.40. The van der Waals surface area contributed by atoms with Gasteiger partial charge in [-0.15, -0.1) is 0 Å². The van der Waals surface area contributed by atoms with Crippen molar-refractivity contribution >= 4 is 11.8 Å². The fraction of sp³-hybridized carbons (Fsp3) is 0.429. The summed E-state index contributed by atoms with van der Waals surface area (Å²) in [6, 6.07) is 8.54. The fourth-order valence-corrected chi connectivity index (χ4v) is 2.14. The van der Waals surface area contributed by atoms with Crippen molar-refractivity contribution in [1.29, 1.82) is 0 Å². The second kappa shape index (κ2) is 7.46. The Hall–Kier alpha value is -1.97. The average molecular weight is 257 g/mol. The smallest absolute Gasteiger partial charge is 0.0373 e. The van der Waals surface area contributed by atoms with Crippen molar-refractivity contribution in [2.24, 2.45) is 5.11 Å². The quantitative estimate of drug-likeness (QED) is 0.381. The van der Waals surface area contributed by atoms with Gasteiger partial charge >= 0.3 is 0 Å². The molecule has 0 spiro atoms. The lowest BCUT2D eigenvalue weighted by Gasteiger charge is -2.29. The van der Waals surface area contributed by atoms with Crippen LogP contribution in [0.2, 0.25) is 0 Å². The maximum atomic E-state index is 8.19. The molecule has 2 rings (SSSR count). The van der Waals surface area contributed by atoms with E-state index in [1.54, 1.807) is 0 Å². The molecule has 0 aliphatic carbocycles. The number of nitrogens with one attached hydrogen (secondary N) is 1. The first-order valence-electron chi connectivity index (χ1n) is 6.63. The van der Waals surface area contributed by atoms with Gasteiger partial charge < -0.3 is 10.2 Å². The highest BCUT2D eigenvalue weighted by Gasteiger charge is 2.09. The van der Waals surface area contributed by atoms with Gasteiger partial charge in [-0.3, -0.25) is 0 Å². The maximum absolute atomic E-state index is 8.19. The molecule has 100 valence electrons. The van der Waals surface area contributed by atoms with Gasteiger partial charge in [0.1, 0.15) is 0 Å². The second-order valence-corrected chi connectivity index (χ2v) is 4.48. The van der Waals surface area contributed by atoms with Crippen LogP contribution in [0.15, 0.2) is 35.5 Å². The van der Waals surface area contributed by atoms with E-state index in [4.69, 9.17) is 5.53 Å². The predicted molar refractivity (Wildman–Crippen MR) is 79.2 cm³/mol. The van der Waals surface area contributed by atoms with Crippen LogP contribution in [-0.2, 0) is 0 Å². The van der Waals surface area contributed by atoms with Crippen LogP contribution in [0.3, 0.4) is 0 Å². The zero-order chi connectivity index (χ0) is 13.3. The fourth-order valence-electron chi connectivity index (χ4n) is 2.14. The first kappa shape index (κ1) is 13.5.